The maximum absolute atomic E-state index is 12.8. The van der Waals surface area contributed by atoms with Crippen LogP contribution in [0.1, 0.15) is 59.2 Å². The Hall–Kier alpha value is -1.88. The molecule has 0 spiro atoms. The highest BCUT2D eigenvalue weighted by Crippen LogP contribution is 2.32. The highest BCUT2D eigenvalue weighted by atomic mass is 32.1. The minimum absolute atomic E-state index is 0.0432. The Morgan fingerprint density at radius 1 is 1.30 bits per heavy atom. The van der Waals surface area contributed by atoms with Gasteiger partial charge in [-0.3, -0.25) is 9.59 Å². The molecule has 0 fully saturated rings. The molecule has 2 aromatic rings. The molecule has 2 aromatic heterocycles. The second-order valence-corrected chi connectivity index (χ2v) is 7.15. The number of hydrogen-bond donors (Lipinski definition) is 0. The van der Waals surface area contributed by atoms with Crippen molar-refractivity contribution in [3.05, 3.63) is 45.4 Å². The summed E-state index contributed by atoms with van der Waals surface area (Å²) in [6.45, 7) is 6.44. The van der Waals surface area contributed by atoms with Crippen LogP contribution in [0.15, 0.2) is 23.6 Å². The van der Waals surface area contributed by atoms with Crippen LogP contribution in [-0.4, -0.2) is 22.4 Å². The molecule has 0 aliphatic carbocycles. The number of aromatic nitrogens is 1. The Morgan fingerprint density at radius 3 is 2.74 bits per heavy atom. The first kappa shape index (κ1) is 16.0. The molecule has 3 heterocycles. The van der Waals surface area contributed by atoms with Gasteiger partial charge in [-0.1, -0.05) is 0 Å². The number of esters is 1. The summed E-state index contributed by atoms with van der Waals surface area (Å²) in [4.78, 5) is 25.9. The van der Waals surface area contributed by atoms with Crippen LogP contribution < -0.4 is 0 Å². The number of thiophene rings is 1. The molecule has 1 aliphatic rings. The van der Waals surface area contributed by atoms with E-state index >= 15 is 0 Å². The number of hydrogen-bond acceptors (Lipinski definition) is 4. The summed E-state index contributed by atoms with van der Waals surface area (Å²) in [5.41, 5.74) is 2.58. The van der Waals surface area contributed by atoms with Gasteiger partial charge in [0.25, 0.3) is 0 Å². The van der Waals surface area contributed by atoms with E-state index in [-0.39, 0.29) is 23.8 Å². The Morgan fingerprint density at radius 2 is 2.09 bits per heavy atom. The zero-order valence-corrected chi connectivity index (χ0v) is 14.5. The highest BCUT2D eigenvalue weighted by molar-refractivity contribution is 7.12. The number of aryl methyl sites for hydroxylation is 1. The molecule has 5 heteroatoms. The summed E-state index contributed by atoms with van der Waals surface area (Å²) in [6.07, 6.45) is 1.53. The molecular weight excluding hydrogens is 310 g/mol. The first-order chi connectivity index (χ1) is 11.0. The van der Waals surface area contributed by atoms with E-state index in [0.29, 0.717) is 5.69 Å². The Labute approximate surface area is 140 Å². The number of carbonyl (C=O) groups is 2. The average Bonchev–Trinajstić information content (AvgIpc) is 3.11. The van der Waals surface area contributed by atoms with Crippen molar-refractivity contribution in [2.45, 2.75) is 52.2 Å². The number of fused-ring (bicyclic) bond motifs is 1. The van der Waals surface area contributed by atoms with E-state index in [0.717, 1.165) is 35.5 Å². The molecule has 0 bridgehead atoms. The van der Waals surface area contributed by atoms with Gasteiger partial charge in [-0.2, -0.15) is 0 Å². The Kier molecular flexibility index (Phi) is 4.39. The van der Waals surface area contributed by atoms with Crippen molar-refractivity contribution in [2.24, 2.45) is 0 Å². The first-order valence-electron chi connectivity index (χ1n) is 7.97. The fourth-order valence-electron chi connectivity index (χ4n) is 3.11. The van der Waals surface area contributed by atoms with Gasteiger partial charge in [0.2, 0.25) is 5.78 Å². The Bertz CT molecular complexity index is 741. The number of ether oxygens (including phenoxy) is 1. The van der Waals surface area contributed by atoms with Gasteiger partial charge in [-0.15, -0.1) is 11.3 Å². The molecule has 0 saturated heterocycles. The largest absolute Gasteiger partial charge is 0.462 e. The van der Waals surface area contributed by atoms with E-state index in [2.05, 4.69) is 0 Å². The van der Waals surface area contributed by atoms with Crippen LogP contribution in [0, 0.1) is 6.92 Å². The summed E-state index contributed by atoms with van der Waals surface area (Å²) in [5.74, 6) is -0.413. The van der Waals surface area contributed by atoms with Crippen LogP contribution in [0.25, 0.3) is 0 Å². The van der Waals surface area contributed by atoms with Crippen molar-refractivity contribution < 1.29 is 14.3 Å². The molecule has 23 heavy (non-hydrogen) atoms. The lowest BCUT2D eigenvalue weighted by atomic mass is 9.96. The third-order valence-corrected chi connectivity index (χ3v) is 5.20. The SMILES string of the molecule is Cc1ccsc1C(=O)c1ccc2n1CCCC2C(=O)OC(C)C. The van der Waals surface area contributed by atoms with Crippen LogP contribution >= 0.6 is 11.3 Å². The molecule has 0 saturated carbocycles. The lowest BCUT2D eigenvalue weighted by molar-refractivity contribution is -0.149. The van der Waals surface area contributed by atoms with Gasteiger partial charge >= 0.3 is 5.97 Å². The monoisotopic (exact) mass is 331 g/mol. The van der Waals surface area contributed by atoms with E-state index < -0.39 is 0 Å². The van der Waals surface area contributed by atoms with Crippen molar-refractivity contribution in [3.63, 3.8) is 0 Å². The minimum atomic E-state index is -0.267. The smallest absolute Gasteiger partial charge is 0.315 e. The summed E-state index contributed by atoms with van der Waals surface area (Å²) in [6, 6.07) is 5.71. The molecule has 1 unspecified atom stereocenters. The quantitative estimate of drug-likeness (QED) is 0.630. The van der Waals surface area contributed by atoms with E-state index in [9.17, 15) is 9.59 Å². The van der Waals surface area contributed by atoms with Crippen LogP contribution in [0.2, 0.25) is 0 Å². The van der Waals surface area contributed by atoms with Crippen molar-refractivity contribution >= 4 is 23.1 Å². The maximum atomic E-state index is 12.8. The predicted molar refractivity (Wildman–Crippen MR) is 90.1 cm³/mol. The summed E-state index contributed by atoms with van der Waals surface area (Å²) >= 11 is 1.47. The Balaban J connectivity index is 1.93. The molecule has 1 atom stereocenters. The fraction of sp³-hybridized carbons (Fsp3) is 0.444. The van der Waals surface area contributed by atoms with E-state index in [1.807, 2.05) is 48.9 Å². The third-order valence-electron chi connectivity index (χ3n) is 4.18. The zero-order valence-electron chi connectivity index (χ0n) is 13.7. The molecule has 0 amide bonds. The molecule has 0 aromatic carbocycles. The molecule has 3 rings (SSSR count). The first-order valence-corrected chi connectivity index (χ1v) is 8.85. The molecule has 1 aliphatic heterocycles. The van der Waals surface area contributed by atoms with E-state index in [1.165, 1.54) is 11.3 Å². The number of ketones is 1. The number of carbonyl (C=O) groups excluding carboxylic acids is 2. The topological polar surface area (TPSA) is 48.3 Å². The standard InChI is InChI=1S/C18H21NO3S/c1-11(2)22-18(21)13-5-4-9-19-14(13)6-7-15(19)16(20)17-12(3)8-10-23-17/h6-8,10-11,13H,4-5,9H2,1-3H3. The number of rotatable bonds is 4. The molecule has 4 nitrogen and oxygen atoms in total. The van der Waals surface area contributed by atoms with Crippen molar-refractivity contribution in [2.75, 3.05) is 0 Å². The van der Waals surface area contributed by atoms with Gasteiger partial charge in [0, 0.05) is 12.2 Å². The van der Waals surface area contributed by atoms with Crippen LogP contribution in [0.3, 0.4) is 0 Å². The minimum Gasteiger partial charge on any atom is -0.462 e. The second kappa shape index (κ2) is 6.32. The average molecular weight is 331 g/mol. The summed E-state index contributed by atoms with van der Waals surface area (Å²) in [5, 5.41) is 1.94. The highest BCUT2D eigenvalue weighted by Gasteiger charge is 2.31. The van der Waals surface area contributed by atoms with Crippen LogP contribution in [0.4, 0.5) is 0 Å². The molecule has 122 valence electrons. The van der Waals surface area contributed by atoms with Crippen LogP contribution in [-0.2, 0) is 16.1 Å². The number of nitrogens with zero attached hydrogens (tertiary/aromatic N) is 1. The van der Waals surface area contributed by atoms with Gasteiger partial charge in [-0.05, 0) is 62.8 Å². The van der Waals surface area contributed by atoms with E-state index in [1.54, 1.807) is 0 Å². The van der Waals surface area contributed by atoms with Gasteiger partial charge in [0.15, 0.2) is 0 Å². The lowest BCUT2D eigenvalue weighted by Gasteiger charge is -2.25. The lowest BCUT2D eigenvalue weighted by Crippen LogP contribution is -2.27. The van der Waals surface area contributed by atoms with E-state index in [4.69, 9.17) is 4.74 Å². The van der Waals surface area contributed by atoms with Gasteiger partial charge in [-0.25, -0.2) is 0 Å². The molecular formula is C18H21NO3S. The zero-order chi connectivity index (χ0) is 16.6. The van der Waals surface area contributed by atoms with Crippen LogP contribution in [0.5, 0.6) is 0 Å². The molecule has 0 radical (unpaired) electrons. The van der Waals surface area contributed by atoms with Crippen molar-refractivity contribution in [1.29, 1.82) is 0 Å². The third kappa shape index (κ3) is 2.98. The predicted octanol–water partition coefficient (Wildman–Crippen LogP) is 3.92. The van der Waals surface area contributed by atoms with Crippen molar-refractivity contribution in [3.8, 4) is 0 Å². The van der Waals surface area contributed by atoms with Gasteiger partial charge in [0.1, 0.15) is 0 Å². The summed E-state index contributed by atoms with van der Waals surface area (Å²) < 4.78 is 7.37. The summed E-state index contributed by atoms with van der Waals surface area (Å²) in [7, 11) is 0. The van der Waals surface area contributed by atoms with Crippen molar-refractivity contribution in [1.82, 2.24) is 4.57 Å². The van der Waals surface area contributed by atoms with Gasteiger partial charge in [0.05, 0.1) is 22.6 Å². The fourth-order valence-corrected chi connectivity index (χ4v) is 3.99. The molecule has 0 N–H and O–H groups in total. The maximum Gasteiger partial charge on any atom is 0.315 e. The van der Waals surface area contributed by atoms with Gasteiger partial charge < -0.3 is 9.30 Å². The second-order valence-electron chi connectivity index (χ2n) is 6.24. The normalized spacial score (nSPS) is 17.1.